The number of hydrogen-bond donors (Lipinski definition) is 1. The van der Waals surface area contributed by atoms with E-state index in [1.807, 2.05) is 18.3 Å². The SMILES string of the molecule is Nc1ccc(-c2cc3cc(Br)ccc3s2)cn1. The van der Waals surface area contributed by atoms with Gasteiger partial charge < -0.3 is 5.73 Å². The molecule has 4 heteroatoms. The van der Waals surface area contributed by atoms with Gasteiger partial charge in [-0.15, -0.1) is 11.3 Å². The molecule has 3 aromatic rings. The minimum atomic E-state index is 0.553. The molecule has 0 aliphatic heterocycles. The molecule has 0 fully saturated rings. The van der Waals surface area contributed by atoms with Crippen LogP contribution in [0.2, 0.25) is 0 Å². The number of nitrogen functional groups attached to an aromatic ring is 1. The van der Waals surface area contributed by atoms with Crippen molar-refractivity contribution in [3.05, 3.63) is 47.1 Å². The van der Waals surface area contributed by atoms with Gasteiger partial charge in [0.25, 0.3) is 0 Å². The summed E-state index contributed by atoms with van der Waals surface area (Å²) in [5.74, 6) is 0.553. The van der Waals surface area contributed by atoms with E-state index in [9.17, 15) is 0 Å². The van der Waals surface area contributed by atoms with Gasteiger partial charge in [0.2, 0.25) is 0 Å². The number of rotatable bonds is 1. The summed E-state index contributed by atoms with van der Waals surface area (Å²) < 4.78 is 2.38. The molecular weight excluding hydrogens is 296 g/mol. The Balaban J connectivity index is 2.14. The van der Waals surface area contributed by atoms with Gasteiger partial charge in [0.05, 0.1) is 0 Å². The summed E-state index contributed by atoms with van der Waals surface area (Å²) in [7, 11) is 0. The highest BCUT2D eigenvalue weighted by Crippen LogP contribution is 2.34. The van der Waals surface area contributed by atoms with Crippen molar-refractivity contribution in [2.45, 2.75) is 0 Å². The maximum atomic E-state index is 5.59. The Hall–Kier alpha value is -1.39. The van der Waals surface area contributed by atoms with E-state index in [4.69, 9.17) is 5.73 Å². The summed E-state index contributed by atoms with van der Waals surface area (Å²) in [5, 5.41) is 1.25. The van der Waals surface area contributed by atoms with Crippen LogP contribution in [0.1, 0.15) is 0 Å². The maximum Gasteiger partial charge on any atom is 0.123 e. The van der Waals surface area contributed by atoms with Gasteiger partial charge in [0.15, 0.2) is 0 Å². The van der Waals surface area contributed by atoms with Crippen LogP contribution in [0.15, 0.2) is 47.1 Å². The Morgan fingerprint density at radius 3 is 2.76 bits per heavy atom. The molecule has 0 saturated heterocycles. The number of hydrogen-bond acceptors (Lipinski definition) is 3. The van der Waals surface area contributed by atoms with Crippen molar-refractivity contribution in [3.63, 3.8) is 0 Å². The summed E-state index contributed by atoms with van der Waals surface area (Å²) in [6.07, 6.45) is 1.81. The predicted molar refractivity (Wildman–Crippen MR) is 77.2 cm³/mol. The molecule has 2 N–H and O–H groups in total. The number of nitrogens with zero attached hydrogens (tertiary/aromatic N) is 1. The lowest BCUT2D eigenvalue weighted by Crippen LogP contribution is -1.87. The van der Waals surface area contributed by atoms with E-state index >= 15 is 0 Å². The highest BCUT2D eigenvalue weighted by Gasteiger charge is 2.04. The molecule has 0 bridgehead atoms. The standard InChI is InChI=1S/C13H9BrN2S/c14-10-2-3-11-9(5-10)6-12(17-11)8-1-4-13(15)16-7-8/h1-7H,(H2,15,16). The molecule has 0 radical (unpaired) electrons. The first kappa shape index (κ1) is 10.7. The van der Waals surface area contributed by atoms with E-state index in [1.54, 1.807) is 11.3 Å². The van der Waals surface area contributed by atoms with Crippen LogP contribution in [0.25, 0.3) is 20.5 Å². The van der Waals surface area contributed by atoms with Crippen molar-refractivity contribution < 1.29 is 0 Å². The number of fused-ring (bicyclic) bond motifs is 1. The topological polar surface area (TPSA) is 38.9 Å². The minimum Gasteiger partial charge on any atom is -0.384 e. The zero-order chi connectivity index (χ0) is 11.8. The van der Waals surface area contributed by atoms with Crippen molar-refractivity contribution in [2.75, 3.05) is 5.73 Å². The normalized spacial score (nSPS) is 10.9. The van der Waals surface area contributed by atoms with Gasteiger partial charge in [-0.3, -0.25) is 0 Å². The summed E-state index contributed by atoms with van der Waals surface area (Å²) in [6.45, 7) is 0. The fraction of sp³-hybridized carbons (Fsp3) is 0. The van der Waals surface area contributed by atoms with Crippen molar-refractivity contribution in [3.8, 4) is 10.4 Å². The van der Waals surface area contributed by atoms with Gasteiger partial charge >= 0.3 is 0 Å². The second-order valence-corrected chi connectivity index (χ2v) is 5.76. The summed E-state index contributed by atoms with van der Waals surface area (Å²) in [4.78, 5) is 5.33. The molecule has 17 heavy (non-hydrogen) atoms. The summed E-state index contributed by atoms with van der Waals surface area (Å²) in [5.41, 5.74) is 6.69. The highest BCUT2D eigenvalue weighted by molar-refractivity contribution is 9.10. The van der Waals surface area contributed by atoms with Crippen LogP contribution in [-0.2, 0) is 0 Å². The third kappa shape index (κ3) is 2.06. The Morgan fingerprint density at radius 1 is 1.12 bits per heavy atom. The van der Waals surface area contributed by atoms with Crippen molar-refractivity contribution in [1.29, 1.82) is 0 Å². The third-order valence-corrected chi connectivity index (χ3v) is 4.21. The van der Waals surface area contributed by atoms with E-state index in [2.05, 4.69) is 45.2 Å². The molecule has 0 amide bonds. The molecular formula is C13H9BrN2S. The molecule has 1 aromatic carbocycles. The number of anilines is 1. The summed E-state index contributed by atoms with van der Waals surface area (Å²) in [6, 6.07) is 12.3. The highest BCUT2D eigenvalue weighted by atomic mass is 79.9. The zero-order valence-corrected chi connectivity index (χ0v) is 11.3. The Labute approximate surface area is 111 Å². The van der Waals surface area contributed by atoms with Crippen LogP contribution < -0.4 is 5.73 Å². The van der Waals surface area contributed by atoms with Crippen molar-refractivity contribution >= 4 is 43.2 Å². The minimum absolute atomic E-state index is 0.553. The summed E-state index contributed by atoms with van der Waals surface area (Å²) >= 11 is 5.25. The Morgan fingerprint density at radius 2 is 2.00 bits per heavy atom. The van der Waals surface area contributed by atoms with Crippen LogP contribution in [-0.4, -0.2) is 4.98 Å². The second-order valence-electron chi connectivity index (χ2n) is 3.76. The van der Waals surface area contributed by atoms with Crippen LogP contribution >= 0.6 is 27.3 Å². The predicted octanol–water partition coefficient (Wildman–Crippen LogP) is 4.31. The molecule has 0 unspecified atom stereocenters. The first-order valence-electron chi connectivity index (χ1n) is 5.13. The lowest BCUT2D eigenvalue weighted by Gasteiger charge is -1.96. The molecule has 3 rings (SSSR count). The maximum absolute atomic E-state index is 5.59. The first-order chi connectivity index (χ1) is 8.22. The number of pyridine rings is 1. The van der Waals surface area contributed by atoms with Gasteiger partial charge in [-0.05, 0) is 41.8 Å². The van der Waals surface area contributed by atoms with E-state index in [0.29, 0.717) is 5.82 Å². The average molecular weight is 305 g/mol. The van der Waals surface area contributed by atoms with Crippen molar-refractivity contribution in [1.82, 2.24) is 4.98 Å². The molecule has 2 heterocycles. The average Bonchev–Trinajstić information content (AvgIpc) is 2.72. The van der Waals surface area contributed by atoms with Crippen LogP contribution in [0.3, 0.4) is 0 Å². The molecule has 84 valence electrons. The molecule has 0 spiro atoms. The lowest BCUT2D eigenvalue weighted by atomic mass is 10.2. The van der Waals surface area contributed by atoms with Crippen molar-refractivity contribution in [2.24, 2.45) is 0 Å². The molecule has 0 atom stereocenters. The monoisotopic (exact) mass is 304 g/mol. The quantitative estimate of drug-likeness (QED) is 0.727. The van der Waals surface area contributed by atoms with Gasteiger partial charge in [-0.1, -0.05) is 15.9 Å². The number of thiophene rings is 1. The smallest absolute Gasteiger partial charge is 0.123 e. The molecule has 0 saturated carbocycles. The van der Waals surface area contributed by atoms with Crippen LogP contribution in [0.5, 0.6) is 0 Å². The Kier molecular flexibility index (Phi) is 2.61. The molecule has 0 aliphatic carbocycles. The van der Waals surface area contributed by atoms with Gasteiger partial charge in [0, 0.05) is 25.8 Å². The van der Waals surface area contributed by atoms with Gasteiger partial charge in [0.1, 0.15) is 5.82 Å². The first-order valence-corrected chi connectivity index (χ1v) is 6.74. The largest absolute Gasteiger partial charge is 0.384 e. The van der Waals surface area contributed by atoms with Gasteiger partial charge in [-0.2, -0.15) is 0 Å². The Bertz CT molecular complexity index is 673. The van der Waals surface area contributed by atoms with Gasteiger partial charge in [-0.25, -0.2) is 4.98 Å². The fourth-order valence-electron chi connectivity index (χ4n) is 1.71. The van der Waals surface area contributed by atoms with Crippen LogP contribution in [0, 0.1) is 0 Å². The molecule has 2 aromatic heterocycles. The zero-order valence-electron chi connectivity index (χ0n) is 8.85. The molecule has 0 aliphatic rings. The van der Waals surface area contributed by atoms with E-state index in [-0.39, 0.29) is 0 Å². The fourth-order valence-corrected chi connectivity index (χ4v) is 3.12. The van der Waals surface area contributed by atoms with E-state index in [1.165, 1.54) is 15.0 Å². The second kappa shape index (κ2) is 4.13. The number of nitrogens with two attached hydrogens (primary N) is 1. The van der Waals surface area contributed by atoms with Crippen LogP contribution in [0.4, 0.5) is 5.82 Å². The lowest BCUT2D eigenvalue weighted by molar-refractivity contribution is 1.34. The van der Waals surface area contributed by atoms with E-state index in [0.717, 1.165) is 10.0 Å². The van der Waals surface area contributed by atoms with E-state index < -0.39 is 0 Å². The number of halogens is 1. The number of benzene rings is 1. The molecule has 2 nitrogen and oxygen atoms in total. The third-order valence-electron chi connectivity index (χ3n) is 2.55. The number of aromatic nitrogens is 1.